The van der Waals surface area contributed by atoms with E-state index in [1.54, 1.807) is 0 Å². The largest absolute Gasteiger partial charge is 0.493 e. The van der Waals surface area contributed by atoms with Crippen LogP contribution in [0.15, 0.2) is 31.0 Å². The first-order valence-electron chi connectivity index (χ1n) is 12.4. The van der Waals surface area contributed by atoms with Crippen molar-refractivity contribution < 1.29 is 9.53 Å². The number of nitrogens with zero attached hydrogens (tertiary/aromatic N) is 5. The van der Waals surface area contributed by atoms with E-state index >= 15 is 0 Å². The molecule has 7 nitrogen and oxygen atoms in total. The SMILES string of the molecule is C=CC(=O)N1CC2(CCN(c3cc4c(c(-c5c(C)c(Cl)cc6cnn(C)c56)c3C#N)OCCC4)C2)C1. The molecule has 8 heteroatoms. The van der Waals surface area contributed by atoms with Crippen molar-refractivity contribution in [3.63, 3.8) is 0 Å². The molecule has 1 spiro atoms. The summed E-state index contributed by atoms with van der Waals surface area (Å²) in [5, 5.41) is 16.6. The van der Waals surface area contributed by atoms with E-state index in [4.69, 9.17) is 16.3 Å². The van der Waals surface area contributed by atoms with E-state index in [1.807, 2.05) is 35.8 Å². The number of carbonyl (C=O) groups excluding carboxylic acids is 1. The van der Waals surface area contributed by atoms with Gasteiger partial charge in [-0.25, -0.2) is 0 Å². The summed E-state index contributed by atoms with van der Waals surface area (Å²) in [6.45, 7) is 9.37. The third-order valence-corrected chi connectivity index (χ3v) is 8.46. The Kier molecular flexibility index (Phi) is 5.27. The molecule has 184 valence electrons. The van der Waals surface area contributed by atoms with Crippen LogP contribution in [0.3, 0.4) is 0 Å². The van der Waals surface area contributed by atoms with E-state index in [1.165, 1.54) is 6.08 Å². The summed E-state index contributed by atoms with van der Waals surface area (Å²) in [5.74, 6) is 0.774. The topological polar surface area (TPSA) is 74.4 Å². The molecule has 1 aromatic heterocycles. The van der Waals surface area contributed by atoms with Gasteiger partial charge in [0.2, 0.25) is 5.91 Å². The summed E-state index contributed by atoms with van der Waals surface area (Å²) in [7, 11) is 1.92. The summed E-state index contributed by atoms with van der Waals surface area (Å²) in [6.07, 6.45) is 6.02. The molecule has 3 aromatic rings. The second-order valence-electron chi connectivity index (χ2n) is 10.3. The maximum absolute atomic E-state index is 12.0. The Balaban J connectivity index is 1.52. The van der Waals surface area contributed by atoms with Crippen molar-refractivity contribution in [2.24, 2.45) is 12.5 Å². The number of hydrogen-bond donors (Lipinski definition) is 0. The number of halogens is 1. The number of benzene rings is 2. The van der Waals surface area contributed by atoms with Gasteiger partial charge in [-0.1, -0.05) is 18.2 Å². The Hall–Kier alpha value is -3.50. The van der Waals surface area contributed by atoms with E-state index in [9.17, 15) is 10.1 Å². The number of hydrogen-bond acceptors (Lipinski definition) is 5. The fourth-order valence-corrected chi connectivity index (χ4v) is 6.47. The average Bonchev–Trinajstić information content (AvgIpc) is 3.47. The van der Waals surface area contributed by atoms with Crippen molar-refractivity contribution in [2.75, 3.05) is 37.7 Å². The van der Waals surface area contributed by atoms with E-state index in [-0.39, 0.29) is 11.3 Å². The van der Waals surface area contributed by atoms with Crippen molar-refractivity contribution >= 4 is 34.1 Å². The Morgan fingerprint density at radius 3 is 2.86 bits per heavy atom. The number of carbonyl (C=O) groups is 1. The molecule has 0 saturated carbocycles. The smallest absolute Gasteiger partial charge is 0.245 e. The van der Waals surface area contributed by atoms with Crippen molar-refractivity contribution in [3.05, 3.63) is 52.7 Å². The van der Waals surface area contributed by atoms with Crippen LogP contribution in [0.4, 0.5) is 5.69 Å². The zero-order chi connectivity index (χ0) is 25.2. The number of amides is 1. The maximum Gasteiger partial charge on any atom is 0.245 e. The molecule has 0 atom stereocenters. The average molecular weight is 502 g/mol. The Bertz CT molecular complexity index is 1480. The summed E-state index contributed by atoms with van der Waals surface area (Å²) < 4.78 is 8.11. The second-order valence-corrected chi connectivity index (χ2v) is 10.7. The molecule has 4 heterocycles. The van der Waals surface area contributed by atoms with Gasteiger partial charge >= 0.3 is 0 Å². The van der Waals surface area contributed by atoms with Crippen molar-refractivity contribution in [2.45, 2.75) is 26.2 Å². The van der Waals surface area contributed by atoms with Crippen LogP contribution in [0.5, 0.6) is 5.75 Å². The van der Waals surface area contributed by atoms with Crippen LogP contribution in [-0.4, -0.2) is 53.4 Å². The molecule has 0 N–H and O–H groups in total. The van der Waals surface area contributed by atoms with Crippen LogP contribution < -0.4 is 9.64 Å². The molecule has 2 aromatic carbocycles. The van der Waals surface area contributed by atoms with Gasteiger partial charge in [0.1, 0.15) is 11.8 Å². The van der Waals surface area contributed by atoms with E-state index in [0.717, 1.165) is 90.0 Å². The number of rotatable bonds is 3. The fraction of sp³-hybridized carbons (Fsp3) is 0.393. The van der Waals surface area contributed by atoms with E-state index < -0.39 is 0 Å². The van der Waals surface area contributed by atoms with Crippen molar-refractivity contribution in [3.8, 4) is 22.9 Å². The monoisotopic (exact) mass is 501 g/mol. The molecule has 0 unspecified atom stereocenters. The highest BCUT2D eigenvalue weighted by Gasteiger charge is 2.49. The van der Waals surface area contributed by atoms with Gasteiger partial charge in [-0.3, -0.25) is 9.48 Å². The number of aryl methyl sites for hydroxylation is 2. The Labute approximate surface area is 215 Å². The Morgan fingerprint density at radius 1 is 1.31 bits per heavy atom. The van der Waals surface area contributed by atoms with Gasteiger partial charge in [0, 0.05) is 60.2 Å². The number of anilines is 1. The van der Waals surface area contributed by atoms with Gasteiger partial charge in [0.25, 0.3) is 0 Å². The molecule has 3 aliphatic heterocycles. The lowest BCUT2D eigenvalue weighted by molar-refractivity contribution is -0.136. The zero-order valence-electron chi connectivity index (χ0n) is 20.6. The minimum absolute atomic E-state index is 0.0124. The van der Waals surface area contributed by atoms with Crippen LogP contribution in [0.2, 0.25) is 5.02 Å². The molecule has 3 aliphatic rings. The molecule has 0 bridgehead atoms. The summed E-state index contributed by atoms with van der Waals surface area (Å²) in [5.41, 5.74) is 6.32. The first-order chi connectivity index (χ1) is 17.4. The van der Waals surface area contributed by atoms with Gasteiger partial charge in [0.15, 0.2) is 0 Å². The normalized spacial score (nSPS) is 18.1. The van der Waals surface area contributed by atoms with Crippen LogP contribution in [0.1, 0.15) is 29.5 Å². The first kappa shape index (κ1) is 22.9. The summed E-state index contributed by atoms with van der Waals surface area (Å²) >= 11 is 6.70. The molecule has 0 radical (unpaired) electrons. The van der Waals surface area contributed by atoms with Crippen LogP contribution in [0.25, 0.3) is 22.0 Å². The number of nitriles is 1. The highest BCUT2D eigenvalue weighted by Crippen LogP contribution is 2.50. The third-order valence-electron chi connectivity index (χ3n) is 8.07. The lowest BCUT2D eigenvalue weighted by Crippen LogP contribution is -2.59. The van der Waals surface area contributed by atoms with Gasteiger partial charge in [-0.15, -0.1) is 0 Å². The third kappa shape index (κ3) is 3.31. The van der Waals surface area contributed by atoms with Crippen molar-refractivity contribution in [1.82, 2.24) is 14.7 Å². The molecule has 1 amide bonds. The number of aromatic nitrogens is 2. The minimum Gasteiger partial charge on any atom is -0.493 e. The molecule has 36 heavy (non-hydrogen) atoms. The van der Waals surface area contributed by atoms with E-state index in [0.29, 0.717) is 17.2 Å². The molecule has 0 aliphatic carbocycles. The summed E-state index contributed by atoms with van der Waals surface area (Å²) in [6, 6.07) is 6.63. The summed E-state index contributed by atoms with van der Waals surface area (Å²) in [4.78, 5) is 16.2. The second kappa shape index (κ2) is 8.28. The predicted molar refractivity (Wildman–Crippen MR) is 140 cm³/mol. The van der Waals surface area contributed by atoms with Crippen LogP contribution in [-0.2, 0) is 18.3 Å². The molecular formula is C28H28ClN5O2. The molecular weight excluding hydrogens is 474 g/mol. The Morgan fingerprint density at radius 2 is 2.11 bits per heavy atom. The molecule has 2 saturated heterocycles. The zero-order valence-corrected chi connectivity index (χ0v) is 21.4. The van der Waals surface area contributed by atoms with Crippen molar-refractivity contribution in [1.29, 1.82) is 5.26 Å². The minimum atomic E-state index is -0.0124. The standard InChI is InChI=1S/C28H28ClN5O2/c1-4-23(35)34-15-28(16-34)7-8-33(14-28)22-11-18-6-5-9-36-27(18)25(20(22)12-30)24-17(2)21(29)10-19-13-31-32(3)26(19)24/h4,10-11,13H,1,5-9,14-16H2,2-3H3. The lowest BCUT2D eigenvalue weighted by atomic mass is 9.79. The van der Waals surface area contributed by atoms with Crippen LogP contribution in [0, 0.1) is 23.7 Å². The molecule has 2 fully saturated rings. The van der Waals surface area contributed by atoms with Gasteiger partial charge in [-0.05, 0) is 55.5 Å². The maximum atomic E-state index is 12.0. The number of ether oxygens (including phenoxy) is 1. The van der Waals surface area contributed by atoms with Gasteiger partial charge < -0.3 is 14.5 Å². The number of fused-ring (bicyclic) bond motifs is 2. The fourth-order valence-electron chi connectivity index (χ4n) is 6.25. The quantitative estimate of drug-likeness (QED) is 0.489. The molecule has 6 rings (SSSR count). The highest BCUT2D eigenvalue weighted by molar-refractivity contribution is 6.33. The highest BCUT2D eigenvalue weighted by atomic mass is 35.5. The lowest BCUT2D eigenvalue weighted by Gasteiger charge is -2.47. The van der Waals surface area contributed by atoms with Gasteiger partial charge in [0.05, 0.1) is 29.6 Å². The van der Waals surface area contributed by atoms with E-state index in [2.05, 4.69) is 28.7 Å². The van der Waals surface area contributed by atoms with Gasteiger partial charge in [-0.2, -0.15) is 10.4 Å². The number of likely N-dealkylation sites (tertiary alicyclic amines) is 1. The van der Waals surface area contributed by atoms with Crippen LogP contribution >= 0.6 is 11.6 Å². The first-order valence-corrected chi connectivity index (χ1v) is 12.7. The predicted octanol–water partition coefficient (Wildman–Crippen LogP) is 4.62.